The number of carbonyl (C=O) groups is 1. The third-order valence-corrected chi connectivity index (χ3v) is 1.45. The van der Waals surface area contributed by atoms with E-state index in [-0.39, 0.29) is 5.92 Å². The van der Waals surface area contributed by atoms with Crippen molar-refractivity contribution in [3.63, 3.8) is 0 Å². The Morgan fingerprint density at radius 1 is 1.80 bits per heavy atom. The van der Waals surface area contributed by atoms with E-state index >= 15 is 0 Å². The van der Waals surface area contributed by atoms with Gasteiger partial charge in [0.15, 0.2) is 0 Å². The zero-order chi connectivity index (χ0) is 8.15. The van der Waals surface area contributed by atoms with Crippen molar-refractivity contribution in [3.05, 3.63) is 0 Å². The fraction of sp³-hybridized carbons (Fsp3) is 0.667. The Morgan fingerprint density at radius 2 is 2.30 bits per heavy atom. The Balaban J connectivity index is 3.49. The Morgan fingerprint density at radius 3 is 2.60 bits per heavy atom. The number of hydrogen-bond acceptors (Lipinski definition) is 2. The molecule has 4 heteroatoms. The highest BCUT2D eigenvalue weighted by atomic mass is 32.1. The van der Waals surface area contributed by atoms with Crippen LogP contribution < -0.4 is 5.73 Å². The van der Waals surface area contributed by atoms with E-state index < -0.39 is 5.97 Å². The molecule has 0 radical (unpaired) electrons. The van der Waals surface area contributed by atoms with E-state index in [1.54, 1.807) is 6.92 Å². The molecule has 0 saturated heterocycles. The van der Waals surface area contributed by atoms with Crippen LogP contribution in [0.4, 0.5) is 0 Å². The molecule has 1 atom stereocenters. The number of aliphatic carboxylic acids is 1. The molecule has 3 N–H and O–H groups in total. The minimum Gasteiger partial charge on any atom is -0.481 e. The maximum Gasteiger partial charge on any atom is 0.306 e. The molecule has 0 aliphatic heterocycles. The number of carboxylic acid groups (broad SMARTS) is 1. The number of hydrogen-bond donors (Lipinski definition) is 2. The zero-order valence-electron chi connectivity index (χ0n) is 5.83. The molecule has 0 fully saturated rings. The largest absolute Gasteiger partial charge is 0.481 e. The lowest BCUT2D eigenvalue weighted by molar-refractivity contribution is -0.141. The van der Waals surface area contributed by atoms with Crippen molar-refractivity contribution >= 4 is 23.2 Å². The molecule has 0 aromatic rings. The first-order valence-corrected chi connectivity index (χ1v) is 3.46. The summed E-state index contributed by atoms with van der Waals surface area (Å²) in [7, 11) is 0. The summed E-state index contributed by atoms with van der Waals surface area (Å²) in [5.74, 6) is -1.14. The molecule has 3 nitrogen and oxygen atoms in total. The SMILES string of the molecule is CC(CCC(N)=S)C(=O)O. The van der Waals surface area contributed by atoms with E-state index in [9.17, 15) is 4.79 Å². The zero-order valence-corrected chi connectivity index (χ0v) is 6.65. The van der Waals surface area contributed by atoms with Crippen molar-refractivity contribution in [1.82, 2.24) is 0 Å². The van der Waals surface area contributed by atoms with Crippen LogP contribution in [-0.4, -0.2) is 16.1 Å². The molecule has 0 saturated carbocycles. The number of rotatable bonds is 4. The van der Waals surface area contributed by atoms with Gasteiger partial charge >= 0.3 is 5.97 Å². The normalized spacial score (nSPS) is 12.5. The number of thiocarbonyl (C=S) groups is 1. The van der Waals surface area contributed by atoms with E-state index in [1.165, 1.54) is 0 Å². The predicted octanol–water partition coefficient (Wildman–Crippen LogP) is 0.773. The van der Waals surface area contributed by atoms with Crippen LogP contribution in [0.15, 0.2) is 0 Å². The highest BCUT2D eigenvalue weighted by molar-refractivity contribution is 7.80. The monoisotopic (exact) mass is 161 g/mol. The van der Waals surface area contributed by atoms with Crippen molar-refractivity contribution in [1.29, 1.82) is 0 Å². The second-order valence-corrected chi connectivity index (χ2v) is 2.77. The molecule has 0 bridgehead atoms. The molecule has 10 heavy (non-hydrogen) atoms. The first kappa shape index (κ1) is 9.36. The third-order valence-electron chi connectivity index (χ3n) is 1.25. The van der Waals surface area contributed by atoms with E-state index in [0.717, 1.165) is 0 Å². The molecule has 1 unspecified atom stereocenters. The van der Waals surface area contributed by atoms with Gasteiger partial charge < -0.3 is 10.8 Å². The minimum absolute atomic E-state index is 0.346. The lowest BCUT2D eigenvalue weighted by atomic mass is 10.1. The fourth-order valence-corrected chi connectivity index (χ4v) is 0.600. The highest BCUT2D eigenvalue weighted by Gasteiger charge is 2.09. The van der Waals surface area contributed by atoms with Crippen molar-refractivity contribution in [2.45, 2.75) is 19.8 Å². The minimum atomic E-state index is -0.795. The number of nitrogens with two attached hydrogens (primary N) is 1. The molecule has 58 valence electrons. The second-order valence-electron chi connectivity index (χ2n) is 2.24. The lowest BCUT2D eigenvalue weighted by Gasteiger charge is -2.02. The highest BCUT2D eigenvalue weighted by Crippen LogP contribution is 2.04. The smallest absolute Gasteiger partial charge is 0.306 e. The summed E-state index contributed by atoms with van der Waals surface area (Å²) in [6, 6.07) is 0. The topological polar surface area (TPSA) is 63.3 Å². The molecular weight excluding hydrogens is 150 g/mol. The summed E-state index contributed by atoms with van der Waals surface area (Å²) in [5, 5.41) is 8.41. The summed E-state index contributed by atoms with van der Waals surface area (Å²) in [6.07, 6.45) is 1.05. The second kappa shape index (κ2) is 4.22. The average Bonchev–Trinajstić information content (AvgIpc) is 1.82. The van der Waals surface area contributed by atoms with Crippen molar-refractivity contribution in [3.8, 4) is 0 Å². The molecule has 0 spiro atoms. The summed E-state index contributed by atoms with van der Waals surface area (Å²) in [4.78, 5) is 10.6. The Hall–Kier alpha value is -0.640. The van der Waals surface area contributed by atoms with Crippen LogP contribution in [0.1, 0.15) is 19.8 Å². The molecular formula is C6H11NO2S. The van der Waals surface area contributed by atoms with Gasteiger partial charge in [-0.05, 0) is 12.8 Å². The number of carboxylic acids is 1. The molecule has 0 heterocycles. The van der Waals surface area contributed by atoms with Crippen LogP contribution in [0.5, 0.6) is 0 Å². The summed E-state index contributed by atoms with van der Waals surface area (Å²) >= 11 is 4.59. The van der Waals surface area contributed by atoms with Gasteiger partial charge in [0.2, 0.25) is 0 Å². The molecule has 0 aromatic heterocycles. The maximum atomic E-state index is 10.2. The standard InChI is InChI=1S/C6H11NO2S/c1-4(6(8)9)2-3-5(7)10/h4H,2-3H2,1H3,(H2,7,10)(H,8,9). The molecule has 0 rings (SSSR count). The van der Waals surface area contributed by atoms with Gasteiger partial charge in [-0.2, -0.15) is 0 Å². The van der Waals surface area contributed by atoms with Crippen molar-refractivity contribution < 1.29 is 9.90 Å². The van der Waals surface area contributed by atoms with Gasteiger partial charge in [0.05, 0.1) is 10.9 Å². The molecule has 0 aliphatic rings. The van der Waals surface area contributed by atoms with Crippen LogP contribution >= 0.6 is 12.2 Å². The molecule has 0 amide bonds. The van der Waals surface area contributed by atoms with Gasteiger partial charge in [-0.3, -0.25) is 4.79 Å². The Labute approximate surface area is 65.2 Å². The van der Waals surface area contributed by atoms with Crippen LogP contribution in [0, 0.1) is 5.92 Å². The van der Waals surface area contributed by atoms with Crippen LogP contribution in [0.25, 0.3) is 0 Å². The van der Waals surface area contributed by atoms with Gasteiger partial charge in [0, 0.05) is 0 Å². The van der Waals surface area contributed by atoms with Crippen molar-refractivity contribution in [2.75, 3.05) is 0 Å². The third kappa shape index (κ3) is 4.26. The van der Waals surface area contributed by atoms with E-state index in [2.05, 4.69) is 12.2 Å². The van der Waals surface area contributed by atoms with Crippen LogP contribution in [-0.2, 0) is 4.79 Å². The van der Waals surface area contributed by atoms with Gasteiger partial charge in [-0.1, -0.05) is 19.1 Å². The summed E-state index contributed by atoms with van der Waals surface area (Å²) in [6.45, 7) is 1.64. The average molecular weight is 161 g/mol. The quantitative estimate of drug-likeness (QED) is 0.598. The Bertz CT molecular complexity index is 147. The van der Waals surface area contributed by atoms with Gasteiger partial charge in [0.1, 0.15) is 0 Å². The molecule has 0 aromatic carbocycles. The summed E-state index contributed by atoms with van der Waals surface area (Å²) < 4.78 is 0. The first-order valence-electron chi connectivity index (χ1n) is 3.05. The van der Waals surface area contributed by atoms with Crippen LogP contribution in [0.2, 0.25) is 0 Å². The van der Waals surface area contributed by atoms with Gasteiger partial charge in [-0.15, -0.1) is 0 Å². The van der Waals surface area contributed by atoms with E-state index in [4.69, 9.17) is 10.8 Å². The van der Waals surface area contributed by atoms with E-state index in [0.29, 0.717) is 17.8 Å². The first-order chi connectivity index (χ1) is 4.54. The predicted molar refractivity (Wildman–Crippen MR) is 42.8 cm³/mol. The lowest BCUT2D eigenvalue weighted by Crippen LogP contribution is -2.14. The summed E-state index contributed by atoms with van der Waals surface area (Å²) in [5.41, 5.74) is 5.18. The molecule has 0 aliphatic carbocycles. The Kier molecular flexibility index (Phi) is 3.95. The van der Waals surface area contributed by atoms with Crippen LogP contribution in [0.3, 0.4) is 0 Å². The van der Waals surface area contributed by atoms with Gasteiger partial charge in [0.25, 0.3) is 0 Å². The van der Waals surface area contributed by atoms with E-state index in [1.807, 2.05) is 0 Å². The van der Waals surface area contributed by atoms with Gasteiger partial charge in [-0.25, -0.2) is 0 Å². The fourth-order valence-electron chi connectivity index (χ4n) is 0.482. The maximum absolute atomic E-state index is 10.2. The van der Waals surface area contributed by atoms with Crippen molar-refractivity contribution in [2.24, 2.45) is 11.7 Å².